The molecule has 1 aliphatic rings. The van der Waals surface area contributed by atoms with E-state index in [1.165, 1.54) is 25.6 Å². The van der Waals surface area contributed by atoms with E-state index < -0.39 is 47.2 Å². The van der Waals surface area contributed by atoms with E-state index in [4.69, 9.17) is 0 Å². The topological polar surface area (TPSA) is 157 Å². The van der Waals surface area contributed by atoms with Crippen molar-refractivity contribution in [2.24, 2.45) is 5.92 Å². The van der Waals surface area contributed by atoms with Crippen LogP contribution < -0.4 is 21.3 Å². The Morgan fingerprint density at radius 2 is 1.71 bits per heavy atom. The van der Waals surface area contributed by atoms with Gasteiger partial charge in [-0.2, -0.15) is 11.8 Å². The van der Waals surface area contributed by atoms with E-state index in [0.717, 1.165) is 0 Å². The van der Waals surface area contributed by atoms with Crippen LogP contribution in [0.1, 0.15) is 60.8 Å². The van der Waals surface area contributed by atoms with Crippen molar-refractivity contribution in [2.75, 3.05) is 31.6 Å². The Morgan fingerprint density at radius 3 is 2.24 bits per heavy atom. The standard InChI is InChI=1S/C25H44IN5O6S/c1-15(2)20(30-25(5,6)26)23(36)31-11-8-9-17(31)22(35)28-14-19(33)29-16(10-12-38-7)21(34)27-13-18(32)24(3,4)37/h15-17,20,30,37H,8-14H2,1-7H3,(H,27,34)(H,28,35)(H,29,33)/t16-,17-,20-/m0/s1. The summed E-state index contributed by atoms with van der Waals surface area (Å²) in [6, 6.07) is -2.02. The molecule has 218 valence electrons. The highest BCUT2D eigenvalue weighted by atomic mass is 127. The highest BCUT2D eigenvalue weighted by molar-refractivity contribution is 14.1. The summed E-state index contributed by atoms with van der Waals surface area (Å²) in [6.07, 6.45) is 3.38. The number of thioether (sulfide) groups is 1. The van der Waals surface area contributed by atoms with Gasteiger partial charge in [0.05, 0.1) is 22.7 Å². The van der Waals surface area contributed by atoms with Crippen molar-refractivity contribution in [3.63, 3.8) is 0 Å². The summed E-state index contributed by atoms with van der Waals surface area (Å²) >= 11 is 3.73. The zero-order valence-electron chi connectivity index (χ0n) is 23.5. The van der Waals surface area contributed by atoms with Crippen LogP contribution >= 0.6 is 34.4 Å². The molecule has 1 rings (SSSR count). The fraction of sp³-hybridized carbons (Fsp3) is 0.800. The second kappa shape index (κ2) is 15.4. The normalized spacial score (nSPS) is 17.6. The highest BCUT2D eigenvalue weighted by Crippen LogP contribution is 2.23. The Balaban J connectivity index is 2.75. The average Bonchev–Trinajstić information content (AvgIpc) is 3.30. The lowest BCUT2D eigenvalue weighted by Gasteiger charge is -2.34. The number of hydrogen-bond donors (Lipinski definition) is 5. The van der Waals surface area contributed by atoms with Gasteiger partial charge in [0, 0.05) is 6.54 Å². The SMILES string of the molecule is CSCC[C@H](NC(=O)CNC(=O)[C@@H]1CCCN1C(=O)[C@@H](NC(C)(C)I)C(C)C)C(=O)NCC(=O)C(C)(C)O. The number of hydrogen-bond acceptors (Lipinski definition) is 8. The maximum atomic E-state index is 13.3. The Bertz CT molecular complexity index is 858. The fourth-order valence-corrected chi connectivity index (χ4v) is 4.71. The van der Waals surface area contributed by atoms with Crippen LogP contribution in [0.5, 0.6) is 0 Å². The summed E-state index contributed by atoms with van der Waals surface area (Å²) in [6.45, 7) is 10.3. The molecule has 1 saturated heterocycles. The van der Waals surface area contributed by atoms with Gasteiger partial charge in [0.1, 0.15) is 17.7 Å². The summed E-state index contributed by atoms with van der Waals surface area (Å²) in [5.41, 5.74) is -1.58. The van der Waals surface area contributed by atoms with Gasteiger partial charge in [0.25, 0.3) is 0 Å². The third-order valence-corrected chi connectivity index (χ3v) is 7.02. The summed E-state index contributed by atoms with van der Waals surface area (Å²) in [7, 11) is 0. The van der Waals surface area contributed by atoms with Gasteiger partial charge in [-0.25, -0.2) is 0 Å². The van der Waals surface area contributed by atoms with Crippen LogP contribution in [0.25, 0.3) is 0 Å². The molecule has 0 bridgehead atoms. The molecule has 0 aromatic rings. The van der Waals surface area contributed by atoms with Crippen molar-refractivity contribution in [1.29, 1.82) is 0 Å². The van der Waals surface area contributed by atoms with E-state index in [0.29, 0.717) is 31.6 Å². The molecule has 0 aromatic heterocycles. The number of Topliss-reactive ketones (excluding diaryl/α,β-unsaturated/α-hetero) is 1. The molecule has 0 aliphatic carbocycles. The molecule has 13 heteroatoms. The molecular formula is C25H44IN5O6S. The second-order valence-corrected chi connectivity index (χ2v) is 14.5. The first-order valence-corrected chi connectivity index (χ1v) is 15.3. The molecule has 11 nitrogen and oxygen atoms in total. The quantitative estimate of drug-likeness (QED) is 0.0964. The molecule has 1 fully saturated rings. The zero-order valence-corrected chi connectivity index (χ0v) is 26.5. The first kappa shape index (κ1) is 34.6. The van der Waals surface area contributed by atoms with Crippen LogP contribution in [0.3, 0.4) is 0 Å². The van der Waals surface area contributed by atoms with Gasteiger partial charge < -0.3 is 26.0 Å². The first-order valence-electron chi connectivity index (χ1n) is 12.8. The summed E-state index contributed by atoms with van der Waals surface area (Å²) in [5.74, 6) is -1.60. The summed E-state index contributed by atoms with van der Waals surface area (Å²) in [5, 5.41) is 20.8. The Hall–Kier alpha value is -1.45. The Labute approximate surface area is 243 Å². The number of amides is 4. The van der Waals surface area contributed by atoms with Crippen molar-refractivity contribution < 1.29 is 29.1 Å². The van der Waals surface area contributed by atoms with Gasteiger partial charge in [-0.05, 0) is 64.9 Å². The average molecular weight is 670 g/mol. The van der Waals surface area contributed by atoms with E-state index in [1.807, 2.05) is 34.0 Å². The second-order valence-electron chi connectivity index (χ2n) is 10.8. The van der Waals surface area contributed by atoms with Gasteiger partial charge in [-0.1, -0.05) is 36.4 Å². The molecule has 1 heterocycles. The molecule has 4 amide bonds. The molecule has 0 spiro atoms. The van der Waals surface area contributed by atoms with E-state index in [9.17, 15) is 29.1 Å². The lowest BCUT2D eigenvalue weighted by molar-refractivity contribution is -0.141. The molecule has 3 atom stereocenters. The third-order valence-electron chi connectivity index (χ3n) is 6.06. The minimum Gasteiger partial charge on any atom is -0.383 e. The number of halogens is 1. The molecule has 0 radical (unpaired) electrons. The lowest BCUT2D eigenvalue weighted by Crippen LogP contribution is -2.57. The monoisotopic (exact) mass is 669 g/mol. The molecule has 38 heavy (non-hydrogen) atoms. The van der Waals surface area contributed by atoms with Crippen molar-refractivity contribution in [3.05, 3.63) is 0 Å². The van der Waals surface area contributed by atoms with Crippen molar-refractivity contribution >= 4 is 63.8 Å². The lowest BCUT2D eigenvalue weighted by atomic mass is 10.0. The smallest absolute Gasteiger partial charge is 0.243 e. The van der Waals surface area contributed by atoms with Gasteiger partial charge in [-0.15, -0.1) is 0 Å². The van der Waals surface area contributed by atoms with Crippen molar-refractivity contribution in [1.82, 2.24) is 26.2 Å². The number of carbonyl (C=O) groups is 5. The maximum Gasteiger partial charge on any atom is 0.243 e. The number of nitrogens with one attached hydrogen (secondary N) is 4. The Morgan fingerprint density at radius 1 is 1.08 bits per heavy atom. The van der Waals surface area contributed by atoms with Crippen LogP contribution in [-0.4, -0.2) is 98.3 Å². The molecule has 5 N–H and O–H groups in total. The van der Waals surface area contributed by atoms with Crippen LogP contribution in [0.15, 0.2) is 0 Å². The predicted molar refractivity (Wildman–Crippen MR) is 157 cm³/mol. The largest absolute Gasteiger partial charge is 0.383 e. The highest BCUT2D eigenvalue weighted by Gasteiger charge is 2.39. The first-order chi connectivity index (χ1) is 17.5. The van der Waals surface area contributed by atoms with Crippen molar-refractivity contribution in [2.45, 2.75) is 88.1 Å². The minimum atomic E-state index is -1.58. The van der Waals surface area contributed by atoms with Crippen LogP contribution in [0.2, 0.25) is 0 Å². The minimum absolute atomic E-state index is 0.0229. The number of ketones is 1. The summed E-state index contributed by atoms with van der Waals surface area (Å²) < 4.78 is -0.307. The number of carbonyl (C=O) groups excluding carboxylic acids is 5. The van der Waals surface area contributed by atoms with Gasteiger partial charge in [0.15, 0.2) is 5.78 Å². The summed E-state index contributed by atoms with van der Waals surface area (Å²) in [4.78, 5) is 65.0. The maximum absolute atomic E-state index is 13.3. The fourth-order valence-electron chi connectivity index (χ4n) is 3.91. The third kappa shape index (κ3) is 11.7. The van der Waals surface area contributed by atoms with E-state index in [2.05, 4.69) is 43.9 Å². The number of rotatable bonds is 15. The van der Waals surface area contributed by atoms with Crippen molar-refractivity contribution in [3.8, 4) is 0 Å². The molecular weight excluding hydrogens is 625 g/mol. The molecule has 0 saturated carbocycles. The van der Waals surface area contributed by atoms with E-state index >= 15 is 0 Å². The molecule has 0 aromatic carbocycles. The number of aliphatic hydroxyl groups is 1. The predicted octanol–water partition coefficient (Wildman–Crippen LogP) is 0.573. The molecule has 0 unspecified atom stereocenters. The van der Waals surface area contributed by atoms with E-state index in [1.54, 1.807) is 4.90 Å². The Kier molecular flexibility index (Phi) is 14.0. The number of nitrogens with zero attached hydrogens (tertiary/aromatic N) is 1. The van der Waals surface area contributed by atoms with Crippen LogP contribution in [0.4, 0.5) is 0 Å². The zero-order chi connectivity index (χ0) is 29.3. The van der Waals surface area contributed by atoms with E-state index in [-0.39, 0.29) is 28.5 Å². The van der Waals surface area contributed by atoms with Gasteiger partial charge in [0.2, 0.25) is 23.6 Å². The van der Waals surface area contributed by atoms with Gasteiger partial charge >= 0.3 is 0 Å². The number of alkyl halides is 1. The number of likely N-dealkylation sites (tertiary alicyclic amines) is 1. The molecule has 1 aliphatic heterocycles. The van der Waals surface area contributed by atoms with Crippen LogP contribution in [0, 0.1) is 5.92 Å². The van der Waals surface area contributed by atoms with Crippen LogP contribution in [-0.2, 0) is 24.0 Å². The van der Waals surface area contributed by atoms with Gasteiger partial charge in [-0.3, -0.25) is 29.3 Å².